The van der Waals surface area contributed by atoms with Crippen LogP contribution in [0.15, 0.2) is 57.0 Å². The van der Waals surface area contributed by atoms with Gasteiger partial charge in [-0.1, -0.05) is 11.2 Å². The second kappa shape index (κ2) is 10.5. The lowest BCUT2D eigenvalue weighted by Crippen LogP contribution is -2.13. The molecule has 1 heterocycles. The molecule has 0 atom stereocenters. The first kappa shape index (κ1) is 23.6. The maximum atomic E-state index is 12.5. The minimum Gasteiger partial charge on any atom is -0.493 e. The summed E-state index contributed by atoms with van der Waals surface area (Å²) in [5, 5.41) is 15.5. The van der Waals surface area contributed by atoms with Crippen molar-refractivity contribution in [1.82, 2.24) is 5.16 Å². The highest BCUT2D eigenvalue weighted by Crippen LogP contribution is 2.30. The van der Waals surface area contributed by atoms with Crippen molar-refractivity contribution in [2.24, 2.45) is 0 Å². The van der Waals surface area contributed by atoms with E-state index in [0.717, 1.165) is 0 Å². The molecule has 0 fully saturated rings. The van der Waals surface area contributed by atoms with Crippen molar-refractivity contribution >= 4 is 39.7 Å². The average molecular weight is 512 g/mol. The second-order valence-corrected chi connectivity index (χ2v) is 7.45. The SMILES string of the molecule is COc1ccc(C(=O)Oc2ccc(/C=C(/C#N)C(=O)Nc3cc(C)on3)cc2Br)cc1OC. The van der Waals surface area contributed by atoms with Gasteiger partial charge >= 0.3 is 5.97 Å². The first-order chi connectivity index (χ1) is 15.8. The van der Waals surface area contributed by atoms with Crippen molar-refractivity contribution in [1.29, 1.82) is 5.26 Å². The summed E-state index contributed by atoms with van der Waals surface area (Å²) in [5.74, 6) is 0.642. The Hall–Kier alpha value is -4.10. The molecule has 0 saturated heterocycles. The zero-order chi connectivity index (χ0) is 24.0. The Balaban J connectivity index is 1.75. The van der Waals surface area contributed by atoms with Crippen molar-refractivity contribution in [3.8, 4) is 23.3 Å². The number of hydrogen-bond acceptors (Lipinski definition) is 8. The highest BCUT2D eigenvalue weighted by molar-refractivity contribution is 9.10. The molecule has 1 N–H and O–H groups in total. The van der Waals surface area contributed by atoms with Crippen LogP contribution in [0.5, 0.6) is 17.2 Å². The molecule has 168 valence electrons. The van der Waals surface area contributed by atoms with Crippen molar-refractivity contribution in [2.75, 3.05) is 19.5 Å². The van der Waals surface area contributed by atoms with E-state index in [0.29, 0.717) is 27.3 Å². The predicted octanol–water partition coefficient (Wildman–Crippen LogP) is 4.53. The van der Waals surface area contributed by atoms with Gasteiger partial charge in [-0.3, -0.25) is 4.79 Å². The summed E-state index contributed by atoms with van der Waals surface area (Å²) in [7, 11) is 2.97. The molecule has 0 aliphatic carbocycles. The third kappa shape index (κ3) is 5.78. The van der Waals surface area contributed by atoms with E-state index in [1.54, 1.807) is 37.3 Å². The van der Waals surface area contributed by atoms with Crippen molar-refractivity contribution < 1.29 is 28.3 Å². The lowest BCUT2D eigenvalue weighted by molar-refractivity contribution is -0.112. The van der Waals surface area contributed by atoms with Gasteiger partial charge in [0.15, 0.2) is 17.3 Å². The lowest BCUT2D eigenvalue weighted by atomic mass is 10.1. The molecule has 10 heteroatoms. The summed E-state index contributed by atoms with van der Waals surface area (Å²) in [6.07, 6.45) is 1.40. The number of esters is 1. The number of carbonyl (C=O) groups excluding carboxylic acids is 2. The van der Waals surface area contributed by atoms with E-state index < -0.39 is 11.9 Å². The number of aromatic nitrogens is 1. The molecule has 33 heavy (non-hydrogen) atoms. The Morgan fingerprint density at radius 2 is 1.82 bits per heavy atom. The number of nitriles is 1. The molecule has 1 amide bonds. The van der Waals surface area contributed by atoms with Gasteiger partial charge in [0.2, 0.25) is 0 Å². The molecule has 0 saturated carbocycles. The number of benzene rings is 2. The van der Waals surface area contributed by atoms with Gasteiger partial charge in [0.05, 0.1) is 24.3 Å². The van der Waals surface area contributed by atoms with E-state index in [4.69, 9.17) is 18.7 Å². The van der Waals surface area contributed by atoms with Crippen LogP contribution in [0.4, 0.5) is 5.82 Å². The Bertz CT molecular complexity index is 1280. The number of amides is 1. The van der Waals surface area contributed by atoms with E-state index in [2.05, 4.69) is 26.4 Å². The van der Waals surface area contributed by atoms with Crippen LogP contribution in [-0.4, -0.2) is 31.3 Å². The van der Waals surface area contributed by atoms with Crippen LogP contribution >= 0.6 is 15.9 Å². The quantitative estimate of drug-likeness (QED) is 0.212. The fourth-order valence-electron chi connectivity index (χ4n) is 2.74. The summed E-state index contributed by atoms with van der Waals surface area (Å²) in [6.45, 7) is 1.68. The number of carbonyl (C=O) groups is 2. The van der Waals surface area contributed by atoms with Gasteiger partial charge in [0.1, 0.15) is 23.2 Å². The lowest BCUT2D eigenvalue weighted by Gasteiger charge is -2.10. The first-order valence-corrected chi connectivity index (χ1v) is 10.2. The van der Waals surface area contributed by atoms with Crippen molar-refractivity contribution in [3.63, 3.8) is 0 Å². The van der Waals surface area contributed by atoms with Crippen LogP contribution in [0.2, 0.25) is 0 Å². The van der Waals surface area contributed by atoms with Gasteiger partial charge in [0, 0.05) is 6.07 Å². The highest BCUT2D eigenvalue weighted by Gasteiger charge is 2.16. The van der Waals surface area contributed by atoms with Crippen LogP contribution in [0, 0.1) is 18.3 Å². The van der Waals surface area contributed by atoms with Gasteiger partial charge in [-0.2, -0.15) is 5.26 Å². The number of halogens is 1. The maximum absolute atomic E-state index is 12.5. The van der Waals surface area contributed by atoms with Crippen LogP contribution in [0.3, 0.4) is 0 Å². The molecule has 3 rings (SSSR count). The fourth-order valence-corrected chi connectivity index (χ4v) is 3.21. The molecule has 0 radical (unpaired) electrons. The Labute approximate surface area is 197 Å². The molecule has 0 unspecified atom stereocenters. The molecule has 9 nitrogen and oxygen atoms in total. The minimum atomic E-state index is -0.633. The van der Waals surface area contributed by atoms with Gasteiger partial charge < -0.3 is 24.1 Å². The zero-order valence-electron chi connectivity index (χ0n) is 17.8. The molecule has 0 aliphatic rings. The standard InChI is InChI=1S/C23H18BrN3O6/c1-13-8-21(27-33-13)26-22(28)16(12-25)9-14-4-6-18(17(24)10-14)32-23(29)15-5-7-19(30-2)20(11-15)31-3/h4-11H,1-3H3,(H,26,27,28)/b16-9-. The largest absolute Gasteiger partial charge is 0.493 e. The number of anilines is 1. The Kier molecular flexibility index (Phi) is 7.48. The van der Waals surface area contributed by atoms with Crippen LogP contribution in [-0.2, 0) is 4.79 Å². The predicted molar refractivity (Wildman–Crippen MR) is 122 cm³/mol. The minimum absolute atomic E-state index is 0.141. The van der Waals surface area contributed by atoms with Gasteiger partial charge in [-0.25, -0.2) is 4.79 Å². The van der Waals surface area contributed by atoms with E-state index in [9.17, 15) is 14.9 Å². The number of hydrogen-bond donors (Lipinski definition) is 1. The summed E-state index contributed by atoms with van der Waals surface area (Å²) in [6, 6.07) is 12.8. The number of nitrogens with zero attached hydrogens (tertiary/aromatic N) is 2. The molecule has 0 bridgehead atoms. The highest BCUT2D eigenvalue weighted by atomic mass is 79.9. The van der Waals surface area contributed by atoms with Crippen LogP contribution in [0.1, 0.15) is 21.7 Å². The second-order valence-electron chi connectivity index (χ2n) is 6.60. The van der Waals surface area contributed by atoms with Crippen molar-refractivity contribution in [2.45, 2.75) is 6.92 Å². The van der Waals surface area contributed by atoms with E-state index in [1.165, 1.54) is 32.4 Å². The summed E-state index contributed by atoms with van der Waals surface area (Å²) < 4.78 is 21.2. The monoisotopic (exact) mass is 511 g/mol. The number of aryl methyl sites for hydroxylation is 1. The molecule has 0 aliphatic heterocycles. The van der Waals surface area contributed by atoms with Gasteiger partial charge in [-0.05, 0) is 64.8 Å². The van der Waals surface area contributed by atoms with E-state index >= 15 is 0 Å². The number of methoxy groups -OCH3 is 2. The average Bonchev–Trinajstić information content (AvgIpc) is 3.22. The number of ether oxygens (including phenoxy) is 3. The first-order valence-electron chi connectivity index (χ1n) is 9.44. The zero-order valence-corrected chi connectivity index (χ0v) is 19.4. The third-order valence-corrected chi connectivity index (χ3v) is 4.94. The smallest absolute Gasteiger partial charge is 0.343 e. The molecule has 0 spiro atoms. The summed E-state index contributed by atoms with van der Waals surface area (Å²) >= 11 is 3.35. The number of nitrogens with one attached hydrogen (secondary N) is 1. The van der Waals surface area contributed by atoms with Gasteiger partial charge in [0.25, 0.3) is 5.91 Å². The molecular weight excluding hydrogens is 494 g/mol. The summed E-state index contributed by atoms with van der Waals surface area (Å²) in [4.78, 5) is 24.9. The van der Waals surface area contributed by atoms with E-state index in [1.807, 2.05) is 6.07 Å². The Morgan fingerprint density at radius 1 is 1.09 bits per heavy atom. The third-order valence-electron chi connectivity index (χ3n) is 4.32. The molecular formula is C23H18BrN3O6. The fraction of sp³-hybridized carbons (Fsp3) is 0.130. The summed E-state index contributed by atoms with van der Waals surface area (Å²) in [5.41, 5.74) is 0.670. The van der Waals surface area contributed by atoms with Gasteiger partial charge in [-0.15, -0.1) is 0 Å². The van der Waals surface area contributed by atoms with Crippen LogP contribution in [0.25, 0.3) is 6.08 Å². The molecule has 3 aromatic rings. The molecule has 2 aromatic carbocycles. The molecule has 1 aromatic heterocycles. The van der Waals surface area contributed by atoms with Crippen LogP contribution < -0.4 is 19.5 Å². The van der Waals surface area contributed by atoms with E-state index in [-0.39, 0.29) is 22.7 Å². The topological polar surface area (TPSA) is 124 Å². The number of rotatable bonds is 7. The van der Waals surface area contributed by atoms with Crippen molar-refractivity contribution in [3.05, 3.63) is 69.4 Å². The Morgan fingerprint density at radius 3 is 2.42 bits per heavy atom. The normalized spacial score (nSPS) is 10.8. The maximum Gasteiger partial charge on any atom is 0.343 e.